The predicted octanol–water partition coefficient (Wildman–Crippen LogP) is 0.756. The van der Waals surface area contributed by atoms with Gasteiger partial charge in [-0.2, -0.15) is 5.10 Å². The molecular weight excluding hydrogens is 268 g/mol. The third kappa shape index (κ3) is 3.44. The Morgan fingerprint density at radius 1 is 1.43 bits per heavy atom. The minimum Gasteiger partial charge on any atom is -0.379 e. The van der Waals surface area contributed by atoms with Gasteiger partial charge in [0.15, 0.2) is 0 Å². The first-order valence-corrected chi connectivity index (χ1v) is 7.82. The fourth-order valence-corrected chi connectivity index (χ4v) is 3.23. The minimum atomic E-state index is 0.279. The van der Waals surface area contributed by atoms with Crippen LogP contribution in [0, 0.1) is 6.92 Å². The summed E-state index contributed by atoms with van der Waals surface area (Å²) in [5.41, 5.74) is 2.39. The quantitative estimate of drug-likeness (QED) is 0.890. The van der Waals surface area contributed by atoms with Crippen molar-refractivity contribution in [2.75, 3.05) is 45.9 Å². The number of hydrogen-bond acceptors (Lipinski definition) is 4. The number of nitrogens with zero attached hydrogens (tertiary/aromatic N) is 3. The molecule has 2 saturated heterocycles. The van der Waals surface area contributed by atoms with E-state index in [4.69, 9.17) is 4.74 Å². The van der Waals surface area contributed by atoms with Crippen molar-refractivity contribution < 1.29 is 9.53 Å². The van der Waals surface area contributed by atoms with Gasteiger partial charge in [0.05, 0.1) is 19.4 Å². The van der Waals surface area contributed by atoms with Gasteiger partial charge in [-0.25, -0.2) is 0 Å². The zero-order chi connectivity index (χ0) is 14.7. The highest BCUT2D eigenvalue weighted by molar-refractivity contribution is 5.76. The van der Waals surface area contributed by atoms with E-state index in [0.717, 1.165) is 52.4 Å². The first-order chi connectivity index (χ1) is 10.2. The third-order valence-electron chi connectivity index (χ3n) is 4.56. The summed E-state index contributed by atoms with van der Waals surface area (Å²) in [7, 11) is 0. The molecule has 0 spiro atoms. The average molecular weight is 292 g/mol. The lowest BCUT2D eigenvalue weighted by molar-refractivity contribution is -0.130. The first-order valence-electron chi connectivity index (χ1n) is 7.82. The molecule has 1 atom stereocenters. The zero-order valence-electron chi connectivity index (χ0n) is 12.7. The number of H-pyrrole nitrogens is 1. The average Bonchev–Trinajstić information content (AvgIpc) is 3.14. The normalized spacial score (nSPS) is 23.7. The summed E-state index contributed by atoms with van der Waals surface area (Å²) in [6.45, 7) is 8.09. The van der Waals surface area contributed by atoms with Gasteiger partial charge in [0, 0.05) is 50.8 Å². The Kier molecular flexibility index (Phi) is 4.55. The maximum absolute atomic E-state index is 12.3. The van der Waals surface area contributed by atoms with Crippen LogP contribution >= 0.6 is 0 Å². The molecule has 1 aromatic rings. The van der Waals surface area contributed by atoms with E-state index in [1.807, 2.05) is 11.1 Å². The van der Waals surface area contributed by atoms with E-state index in [2.05, 4.69) is 22.0 Å². The monoisotopic (exact) mass is 292 g/mol. The number of nitrogens with one attached hydrogen (secondary N) is 1. The molecule has 1 N–H and O–H groups in total. The number of hydrogen-bond donors (Lipinski definition) is 1. The zero-order valence-corrected chi connectivity index (χ0v) is 12.7. The SMILES string of the molecule is Cc1cn[nH]c1C1CCN(C(=O)CCN2CCOCC2)C1. The first kappa shape index (κ1) is 14.5. The number of carbonyl (C=O) groups excluding carboxylic acids is 1. The van der Waals surface area contributed by atoms with Gasteiger partial charge in [0.2, 0.25) is 5.91 Å². The van der Waals surface area contributed by atoms with Gasteiger partial charge < -0.3 is 9.64 Å². The van der Waals surface area contributed by atoms with Gasteiger partial charge in [-0.15, -0.1) is 0 Å². The molecule has 116 valence electrons. The van der Waals surface area contributed by atoms with E-state index < -0.39 is 0 Å². The summed E-state index contributed by atoms with van der Waals surface area (Å²) in [6, 6.07) is 0. The van der Waals surface area contributed by atoms with E-state index in [0.29, 0.717) is 12.3 Å². The molecule has 3 heterocycles. The molecule has 1 amide bonds. The summed E-state index contributed by atoms with van der Waals surface area (Å²) >= 11 is 0. The number of likely N-dealkylation sites (tertiary alicyclic amines) is 1. The van der Waals surface area contributed by atoms with Gasteiger partial charge in [-0.1, -0.05) is 0 Å². The number of aromatic nitrogens is 2. The standard InChI is InChI=1S/C15H24N4O2/c1-12-10-16-17-15(12)13-2-5-19(11-13)14(20)3-4-18-6-8-21-9-7-18/h10,13H,2-9,11H2,1H3,(H,16,17). The van der Waals surface area contributed by atoms with Crippen LogP contribution in [0.5, 0.6) is 0 Å². The maximum Gasteiger partial charge on any atom is 0.223 e. The van der Waals surface area contributed by atoms with Crippen molar-refractivity contribution in [3.8, 4) is 0 Å². The number of aryl methyl sites for hydroxylation is 1. The van der Waals surface area contributed by atoms with Gasteiger partial charge in [-0.3, -0.25) is 14.8 Å². The molecule has 6 nitrogen and oxygen atoms in total. The van der Waals surface area contributed by atoms with Gasteiger partial charge in [0.1, 0.15) is 0 Å². The number of amides is 1. The Balaban J connectivity index is 1.47. The van der Waals surface area contributed by atoms with Crippen LogP contribution in [0.1, 0.15) is 30.0 Å². The largest absolute Gasteiger partial charge is 0.379 e. The summed E-state index contributed by atoms with van der Waals surface area (Å²) in [6.07, 6.45) is 3.51. The molecule has 21 heavy (non-hydrogen) atoms. The van der Waals surface area contributed by atoms with Crippen LogP contribution in [-0.2, 0) is 9.53 Å². The van der Waals surface area contributed by atoms with Crippen LogP contribution in [0.25, 0.3) is 0 Å². The highest BCUT2D eigenvalue weighted by Gasteiger charge is 2.29. The van der Waals surface area contributed by atoms with E-state index in [-0.39, 0.29) is 5.91 Å². The lowest BCUT2D eigenvalue weighted by Crippen LogP contribution is -2.39. The Morgan fingerprint density at radius 2 is 2.24 bits per heavy atom. The molecule has 2 aliphatic heterocycles. The number of morpholine rings is 1. The maximum atomic E-state index is 12.3. The summed E-state index contributed by atoms with van der Waals surface area (Å²) in [4.78, 5) is 16.6. The molecule has 1 aromatic heterocycles. The molecule has 3 rings (SSSR count). The van der Waals surface area contributed by atoms with Gasteiger partial charge in [-0.05, 0) is 18.9 Å². The van der Waals surface area contributed by atoms with Crippen LogP contribution < -0.4 is 0 Å². The molecule has 2 aliphatic rings. The molecule has 0 bridgehead atoms. The molecule has 0 saturated carbocycles. The van der Waals surface area contributed by atoms with Crippen molar-refractivity contribution in [2.24, 2.45) is 0 Å². The summed E-state index contributed by atoms with van der Waals surface area (Å²) < 4.78 is 5.33. The van der Waals surface area contributed by atoms with Crippen molar-refractivity contribution in [1.82, 2.24) is 20.0 Å². The predicted molar refractivity (Wildman–Crippen MR) is 79.1 cm³/mol. The second-order valence-corrected chi connectivity index (χ2v) is 6.00. The van der Waals surface area contributed by atoms with E-state index in [1.54, 1.807) is 0 Å². The summed E-state index contributed by atoms with van der Waals surface area (Å²) in [5, 5.41) is 7.17. The van der Waals surface area contributed by atoms with E-state index >= 15 is 0 Å². The fourth-order valence-electron chi connectivity index (χ4n) is 3.23. The minimum absolute atomic E-state index is 0.279. The second-order valence-electron chi connectivity index (χ2n) is 6.00. The molecule has 0 aliphatic carbocycles. The highest BCUT2D eigenvalue weighted by Crippen LogP contribution is 2.27. The van der Waals surface area contributed by atoms with Crippen LogP contribution in [0.2, 0.25) is 0 Å². The third-order valence-corrected chi connectivity index (χ3v) is 4.56. The van der Waals surface area contributed by atoms with Crippen LogP contribution in [0.3, 0.4) is 0 Å². The second kappa shape index (κ2) is 6.58. The Bertz CT molecular complexity index is 482. The lowest BCUT2D eigenvalue weighted by atomic mass is 10.0. The number of ether oxygens (including phenoxy) is 1. The van der Waals surface area contributed by atoms with Crippen LogP contribution in [0.15, 0.2) is 6.20 Å². The summed E-state index contributed by atoms with van der Waals surface area (Å²) in [5.74, 6) is 0.695. The van der Waals surface area contributed by atoms with Gasteiger partial charge >= 0.3 is 0 Å². The van der Waals surface area contributed by atoms with Crippen molar-refractivity contribution in [3.05, 3.63) is 17.5 Å². The number of rotatable bonds is 4. The van der Waals surface area contributed by atoms with E-state index in [1.165, 1.54) is 11.3 Å². The fraction of sp³-hybridized carbons (Fsp3) is 0.733. The Labute approximate surface area is 125 Å². The molecular formula is C15H24N4O2. The Hall–Kier alpha value is -1.40. The van der Waals surface area contributed by atoms with Gasteiger partial charge in [0.25, 0.3) is 0 Å². The molecule has 2 fully saturated rings. The molecule has 0 aromatic carbocycles. The molecule has 6 heteroatoms. The Morgan fingerprint density at radius 3 is 2.95 bits per heavy atom. The lowest BCUT2D eigenvalue weighted by Gasteiger charge is -2.27. The number of aromatic amines is 1. The highest BCUT2D eigenvalue weighted by atomic mass is 16.5. The van der Waals surface area contributed by atoms with Crippen LogP contribution in [-0.4, -0.2) is 71.8 Å². The van der Waals surface area contributed by atoms with E-state index in [9.17, 15) is 4.79 Å². The van der Waals surface area contributed by atoms with Crippen molar-refractivity contribution in [3.63, 3.8) is 0 Å². The van der Waals surface area contributed by atoms with Crippen LogP contribution in [0.4, 0.5) is 0 Å². The topological polar surface area (TPSA) is 61.5 Å². The molecule has 0 radical (unpaired) electrons. The number of carbonyl (C=O) groups is 1. The smallest absolute Gasteiger partial charge is 0.223 e. The van der Waals surface area contributed by atoms with Crippen molar-refractivity contribution in [1.29, 1.82) is 0 Å². The van der Waals surface area contributed by atoms with Crippen molar-refractivity contribution >= 4 is 5.91 Å². The molecule has 1 unspecified atom stereocenters. The van der Waals surface area contributed by atoms with Crippen molar-refractivity contribution in [2.45, 2.75) is 25.7 Å².